The van der Waals surface area contributed by atoms with Gasteiger partial charge in [0.15, 0.2) is 0 Å². The van der Waals surface area contributed by atoms with Crippen molar-refractivity contribution in [1.82, 2.24) is 0 Å². The summed E-state index contributed by atoms with van der Waals surface area (Å²) in [5.41, 5.74) is 15.0. The molecule has 0 saturated heterocycles. The Bertz CT molecular complexity index is 2360. The Balaban J connectivity index is 0.000000203. The largest absolute Gasteiger partial charge is 0.455 e. The number of benzene rings is 4. The molecule has 54 heavy (non-hydrogen) atoms. The second-order valence-electron chi connectivity index (χ2n) is 15.1. The van der Waals surface area contributed by atoms with Crippen LogP contribution in [0.1, 0.15) is 84.6 Å². The number of furan rings is 1. The molecule has 0 amide bonds. The summed E-state index contributed by atoms with van der Waals surface area (Å²) in [5.74, 6) is 0. The summed E-state index contributed by atoms with van der Waals surface area (Å²) in [5, 5.41) is 2.36. The van der Waals surface area contributed by atoms with Crippen molar-refractivity contribution in [1.29, 1.82) is 0 Å². The number of hydrogen-bond acceptors (Lipinski definition) is 2. The maximum absolute atomic E-state index is 6.38. The molecular weight excluding hydrogens is 655 g/mol. The van der Waals surface area contributed by atoms with E-state index in [0.29, 0.717) is 0 Å². The van der Waals surface area contributed by atoms with Crippen LogP contribution in [0.5, 0.6) is 0 Å². The van der Waals surface area contributed by atoms with Crippen LogP contribution in [0, 0.1) is 0 Å². The van der Waals surface area contributed by atoms with E-state index in [2.05, 4.69) is 175 Å². The van der Waals surface area contributed by atoms with Crippen molar-refractivity contribution in [2.45, 2.75) is 73.1 Å². The van der Waals surface area contributed by atoms with E-state index in [9.17, 15) is 0 Å². The smallest absolute Gasteiger partial charge is 0.143 e. The van der Waals surface area contributed by atoms with Crippen LogP contribution >= 0.6 is 0 Å². The summed E-state index contributed by atoms with van der Waals surface area (Å²) in [6.07, 6.45) is 24.8. The maximum atomic E-state index is 6.38. The van der Waals surface area contributed by atoms with E-state index in [0.717, 1.165) is 11.2 Å². The minimum absolute atomic E-state index is 0.0883. The van der Waals surface area contributed by atoms with Crippen LogP contribution in [0.15, 0.2) is 174 Å². The predicted molar refractivity (Wildman–Crippen MR) is 238 cm³/mol. The molecule has 0 spiro atoms. The highest BCUT2D eigenvalue weighted by Crippen LogP contribution is 2.53. The lowest BCUT2D eigenvalue weighted by Crippen LogP contribution is -2.18. The van der Waals surface area contributed by atoms with Gasteiger partial charge in [0.1, 0.15) is 11.2 Å². The highest BCUT2D eigenvalue weighted by atomic mass is 16.3. The maximum Gasteiger partial charge on any atom is 0.143 e. The molecule has 0 radical (unpaired) electrons. The van der Waals surface area contributed by atoms with Gasteiger partial charge in [-0.25, -0.2) is 0 Å². The molecule has 0 atom stereocenters. The van der Waals surface area contributed by atoms with Crippen molar-refractivity contribution in [3.63, 3.8) is 0 Å². The number of allylic oxidation sites excluding steroid dienone is 15. The number of fused-ring (bicyclic) bond motifs is 8. The lowest BCUT2D eigenvalue weighted by molar-refractivity contribution is 0.653. The van der Waals surface area contributed by atoms with Gasteiger partial charge in [0, 0.05) is 45.6 Å². The first kappa shape index (κ1) is 39.6. The minimum atomic E-state index is -0.0883. The van der Waals surface area contributed by atoms with Gasteiger partial charge >= 0.3 is 0 Å². The van der Waals surface area contributed by atoms with E-state index in [1.54, 1.807) is 6.08 Å². The molecule has 2 heteroatoms. The third-order valence-electron chi connectivity index (χ3n) is 10.6. The van der Waals surface area contributed by atoms with Crippen LogP contribution in [-0.4, -0.2) is 7.05 Å². The Hall–Kier alpha value is -5.60. The van der Waals surface area contributed by atoms with Gasteiger partial charge in [0.2, 0.25) is 0 Å². The molecule has 1 aromatic heterocycles. The molecule has 0 N–H and O–H groups in total. The fraction of sp³-hybridized carbons (Fsp3) is 0.231. The molecular formula is C52H57NO. The second-order valence-corrected chi connectivity index (χ2v) is 15.1. The summed E-state index contributed by atoms with van der Waals surface area (Å²) < 4.78 is 6.38. The van der Waals surface area contributed by atoms with Crippen LogP contribution in [0.2, 0.25) is 0 Å². The molecule has 5 aromatic rings. The zero-order chi connectivity index (χ0) is 39.0. The zero-order valence-corrected chi connectivity index (χ0v) is 34.0. The van der Waals surface area contributed by atoms with Crippen LogP contribution in [-0.2, 0) is 10.8 Å². The highest BCUT2D eigenvalue weighted by molar-refractivity contribution is 6.11. The third-order valence-corrected chi connectivity index (χ3v) is 10.6. The van der Waals surface area contributed by atoms with Crippen LogP contribution < -0.4 is 4.90 Å². The SMILES string of the molecule is C/C=C\C(C)=C/C.C/C=C\C=C/C1=CC(C)(C)c2ccccc21.C=C/C=C\C=C(/C)N(C)c1ccc2c(c1)C(C)(C)c1ccc3c(oc4ccccc43)c1-2. The van der Waals surface area contributed by atoms with E-state index in [1.165, 1.54) is 66.7 Å². The number of anilines is 1. The molecule has 2 aliphatic rings. The summed E-state index contributed by atoms with van der Waals surface area (Å²) >= 11 is 0. The van der Waals surface area contributed by atoms with Gasteiger partial charge in [-0.15, -0.1) is 0 Å². The normalized spacial score (nSPS) is 15.6. The average Bonchev–Trinajstić information content (AvgIpc) is 3.76. The fourth-order valence-electron chi connectivity index (χ4n) is 7.40. The Kier molecular flexibility index (Phi) is 12.5. The zero-order valence-electron chi connectivity index (χ0n) is 34.0. The van der Waals surface area contributed by atoms with Crippen molar-refractivity contribution in [3.05, 3.63) is 192 Å². The van der Waals surface area contributed by atoms with Gasteiger partial charge in [0.05, 0.1) is 0 Å². The molecule has 4 aromatic carbocycles. The van der Waals surface area contributed by atoms with Gasteiger partial charge in [-0.05, 0) is 92.3 Å². The molecule has 2 nitrogen and oxygen atoms in total. The topological polar surface area (TPSA) is 16.4 Å². The Morgan fingerprint density at radius 3 is 2.17 bits per heavy atom. The number of hydrogen-bond donors (Lipinski definition) is 0. The first-order valence-electron chi connectivity index (χ1n) is 19.1. The number of rotatable bonds is 7. The Morgan fingerprint density at radius 1 is 0.722 bits per heavy atom. The highest BCUT2D eigenvalue weighted by Gasteiger charge is 2.38. The van der Waals surface area contributed by atoms with Crippen LogP contribution in [0.4, 0.5) is 5.69 Å². The van der Waals surface area contributed by atoms with E-state index < -0.39 is 0 Å². The van der Waals surface area contributed by atoms with E-state index >= 15 is 0 Å². The Labute approximate surface area is 324 Å². The molecule has 0 fully saturated rings. The Morgan fingerprint density at radius 2 is 1.46 bits per heavy atom. The summed E-state index contributed by atoms with van der Waals surface area (Å²) in [7, 11) is 2.11. The standard InChI is InChI=1S/C29H27NO.C16H18.C7H12/c1-6-7-8-11-19(2)30(5)20-14-15-23-25(18-20)29(3,4)24-17-16-22-21-12-9-10-13-26(21)31-28(22)27(23)24;1-4-5-6-9-13-12-16(2,3)15-11-8-7-10-14(13)15;1-4-6-7(3)5-2/h6-18H,1H2,2-5H3;4-12H,1-3H3;4-6H,1-3H3/b8-7-,19-11+;5-4-,9-6-;6-4-,7-5-. The number of nitrogens with zero attached hydrogens (tertiary/aromatic N) is 1. The lowest BCUT2D eigenvalue weighted by atomic mass is 9.82. The molecule has 0 aliphatic heterocycles. The molecule has 276 valence electrons. The van der Waals surface area contributed by atoms with E-state index in [-0.39, 0.29) is 10.8 Å². The quantitative estimate of drug-likeness (QED) is 0.156. The molecule has 0 bridgehead atoms. The van der Waals surface area contributed by atoms with Gasteiger partial charge in [-0.3, -0.25) is 0 Å². The third kappa shape index (κ3) is 8.14. The van der Waals surface area contributed by atoms with Crippen molar-refractivity contribution < 1.29 is 4.42 Å². The van der Waals surface area contributed by atoms with Crippen molar-refractivity contribution >= 4 is 33.2 Å². The first-order valence-corrected chi connectivity index (χ1v) is 19.1. The van der Waals surface area contributed by atoms with Crippen molar-refractivity contribution in [2.75, 3.05) is 11.9 Å². The van der Waals surface area contributed by atoms with Crippen molar-refractivity contribution in [2.24, 2.45) is 0 Å². The van der Waals surface area contributed by atoms with Gasteiger partial charge in [0.25, 0.3) is 0 Å². The van der Waals surface area contributed by atoms with Crippen LogP contribution in [0.3, 0.4) is 0 Å². The molecule has 7 rings (SSSR count). The molecule has 0 unspecified atom stereocenters. The predicted octanol–water partition coefficient (Wildman–Crippen LogP) is 15.0. The summed E-state index contributed by atoms with van der Waals surface area (Å²) in [4.78, 5) is 2.23. The van der Waals surface area contributed by atoms with Gasteiger partial charge < -0.3 is 9.32 Å². The summed E-state index contributed by atoms with van der Waals surface area (Å²) in [6, 6.07) is 28.3. The van der Waals surface area contributed by atoms with Gasteiger partial charge in [-0.1, -0.05) is 167 Å². The van der Waals surface area contributed by atoms with Gasteiger partial charge in [-0.2, -0.15) is 0 Å². The first-order chi connectivity index (χ1) is 25.9. The van der Waals surface area contributed by atoms with E-state index in [1.807, 2.05) is 51.1 Å². The minimum Gasteiger partial charge on any atom is -0.455 e. The van der Waals surface area contributed by atoms with E-state index in [4.69, 9.17) is 4.42 Å². The fourth-order valence-corrected chi connectivity index (χ4v) is 7.40. The van der Waals surface area contributed by atoms with Crippen LogP contribution in [0.25, 0.3) is 38.6 Å². The monoisotopic (exact) mass is 711 g/mol. The lowest BCUT2D eigenvalue weighted by Gasteiger charge is -2.25. The number of para-hydroxylation sites is 1. The molecule has 2 aliphatic carbocycles. The van der Waals surface area contributed by atoms with Crippen molar-refractivity contribution in [3.8, 4) is 11.1 Å². The molecule has 0 saturated carbocycles. The average molecular weight is 712 g/mol. The summed E-state index contributed by atoms with van der Waals surface area (Å²) in [6.45, 7) is 23.2. The second kappa shape index (κ2) is 17.0. The molecule has 1 heterocycles.